The summed E-state index contributed by atoms with van der Waals surface area (Å²) < 4.78 is 0. The van der Waals surface area contributed by atoms with Crippen LogP contribution in [0.2, 0.25) is 0 Å². The first-order chi connectivity index (χ1) is 4.88. The molecule has 1 unspecified atom stereocenters. The van der Waals surface area contributed by atoms with Crippen LogP contribution in [0.5, 0.6) is 0 Å². The Morgan fingerprint density at radius 3 is 2.17 bits per heavy atom. The molecule has 0 bridgehead atoms. The fraction of sp³-hybridized carbons (Fsp3) is 1.00. The molecule has 0 spiro atoms. The molecule has 1 atom stereocenters. The second-order valence-corrected chi connectivity index (χ2v) is 3.51. The molecule has 0 aromatic heterocycles. The van der Waals surface area contributed by atoms with Crippen LogP contribution in [0.25, 0.3) is 0 Å². The van der Waals surface area contributed by atoms with Crippen molar-refractivity contribution in [3.8, 4) is 0 Å². The predicted octanol–water partition coefficient (Wildman–Crippen LogP) is -2.25. The first kappa shape index (κ1) is 15.3. The zero-order valence-corrected chi connectivity index (χ0v) is 11.1. The van der Waals surface area contributed by atoms with Gasteiger partial charge >= 0.3 is 51.4 Å². The number of aliphatic hydroxyl groups excluding tert-OH is 1. The van der Waals surface area contributed by atoms with Crippen LogP contribution in [-0.4, -0.2) is 27.8 Å². The Morgan fingerprint density at radius 2 is 1.92 bits per heavy atom. The maximum Gasteiger partial charge on any atom is 1.00 e. The summed E-state index contributed by atoms with van der Waals surface area (Å²) in [4.78, 5) is 0.0515. The Balaban J connectivity index is 0. The van der Waals surface area contributed by atoms with Crippen LogP contribution in [-0.2, 0) is 0 Å². The zero-order chi connectivity index (χ0) is 9.07. The number of hydrogen-bond acceptors (Lipinski definition) is 3. The van der Waals surface area contributed by atoms with Crippen LogP contribution in [0, 0.1) is 10.6 Å². The van der Waals surface area contributed by atoms with Gasteiger partial charge in [0.2, 0.25) is 6.54 Å². The molecule has 6 heteroatoms. The van der Waals surface area contributed by atoms with E-state index in [1.165, 1.54) is 0 Å². The first-order valence-corrected chi connectivity index (χ1v) is 3.35. The third-order valence-corrected chi connectivity index (χ3v) is 1.43. The topological polar surface area (TPSA) is 78.9 Å². The number of nitrogens with zero attached hydrogens (tertiary/aromatic N) is 2. The van der Waals surface area contributed by atoms with E-state index in [-0.39, 0.29) is 68.2 Å². The maximum absolute atomic E-state index is 10.4. The largest absolute Gasteiger partial charge is 1.00 e. The van der Waals surface area contributed by atoms with Crippen molar-refractivity contribution < 1.29 is 66.6 Å². The van der Waals surface area contributed by atoms with Crippen molar-refractivity contribution in [2.45, 2.75) is 26.9 Å². The fourth-order valence-electron chi connectivity index (χ4n) is 0.458. The summed E-state index contributed by atoms with van der Waals surface area (Å²) in [5.74, 6) is 0. The maximum atomic E-state index is 10.4. The SMILES string of the molecule is CC(C)(C)C(O)C[N+]([O-])=NO.[K+]. The Hall–Kier alpha value is 0.796. The summed E-state index contributed by atoms with van der Waals surface area (Å²) in [5.41, 5.74) is -0.368. The standard InChI is InChI=1S/C6H14N2O3.K/c1-6(2,3)5(9)4-8(11)7-10;/h5,9-10H,4H2,1-3H3;/q;+1. The minimum Gasteiger partial charge on any atom is -0.597 e. The van der Waals surface area contributed by atoms with E-state index in [4.69, 9.17) is 5.21 Å². The average Bonchev–Trinajstić information content (AvgIpc) is 1.85. The molecule has 0 radical (unpaired) electrons. The Kier molecular flexibility index (Phi) is 8.00. The fourth-order valence-corrected chi connectivity index (χ4v) is 0.458. The van der Waals surface area contributed by atoms with Crippen LogP contribution in [0.1, 0.15) is 20.8 Å². The van der Waals surface area contributed by atoms with E-state index in [9.17, 15) is 10.3 Å². The molecule has 0 saturated heterocycles. The van der Waals surface area contributed by atoms with Crippen LogP contribution in [0.3, 0.4) is 0 Å². The molecule has 0 aliphatic heterocycles. The van der Waals surface area contributed by atoms with E-state index < -0.39 is 6.10 Å². The number of hydrogen-bond donors (Lipinski definition) is 2. The predicted molar refractivity (Wildman–Crippen MR) is 38.2 cm³/mol. The molecule has 5 nitrogen and oxygen atoms in total. The Morgan fingerprint density at radius 1 is 1.50 bits per heavy atom. The minimum atomic E-state index is -0.795. The third-order valence-electron chi connectivity index (χ3n) is 1.43. The molecule has 0 aliphatic rings. The van der Waals surface area contributed by atoms with Gasteiger partial charge in [-0.1, -0.05) is 25.6 Å². The smallest absolute Gasteiger partial charge is 0.597 e. The van der Waals surface area contributed by atoms with Crippen LogP contribution >= 0.6 is 0 Å². The third kappa shape index (κ3) is 6.33. The Bertz CT molecular complexity index is 155. The van der Waals surface area contributed by atoms with Crippen molar-refractivity contribution in [1.29, 1.82) is 0 Å². The van der Waals surface area contributed by atoms with Crippen LogP contribution in [0.4, 0.5) is 0 Å². The van der Waals surface area contributed by atoms with Gasteiger partial charge in [0.1, 0.15) is 6.10 Å². The van der Waals surface area contributed by atoms with E-state index in [0.717, 1.165) is 0 Å². The second-order valence-electron chi connectivity index (χ2n) is 3.51. The normalized spacial score (nSPS) is 15.2. The molecule has 0 heterocycles. The summed E-state index contributed by atoms with van der Waals surface area (Å²) in [6.45, 7) is 5.18. The van der Waals surface area contributed by atoms with Crippen LogP contribution in [0.15, 0.2) is 5.28 Å². The molecule has 0 aliphatic carbocycles. The van der Waals surface area contributed by atoms with Gasteiger partial charge < -0.3 is 15.5 Å². The molecule has 0 aromatic carbocycles. The van der Waals surface area contributed by atoms with Gasteiger partial charge in [-0.05, 0) is 5.41 Å². The van der Waals surface area contributed by atoms with Gasteiger partial charge in [-0.2, -0.15) is 0 Å². The van der Waals surface area contributed by atoms with Crippen molar-refractivity contribution in [2.24, 2.45) is 10.7 Å². The van der Waals surface area contributed by atoms with Crippen LogP contribution < -0.4 is 51.4 Å². The molecule has 2 N–H and O–H groups in total. The Labute approximate surface area is 114 Å². The van der Waals surface area contributed by atoms with Gasteiger partial charge in [0, 0.05) is 0 Å². The summed E-state index contributed by atoms with van der Waals surface area (Å²) in [5, 5.41) is 30.0. The molecule has 0 amide bonds. The number of aliphatic hydroxyl groups is 1. The molecular weight excluding hydrogens is 187 g/mol. The molecule has 0 saturated carbocycles. The molecule has 0 aromatic rings. The molecular formula is C6H14KN2O3+. The van der Waals surface area contributed by atoms with Crippen molar-refractivity contribution >= 4 is 0 Å². The monoisotopic (exact) mass is 201 g/mol. The molecule has 0 rings (SSSR count). The van der Waals surface area contributed by atoms with Gasteiger partial charge in [0.15, 0.2) is 5.28 Å². The van der Waals surface area contributed by atoms with Gasteiger partial charge in [-0.25, -0.2) is 0 Å². The van der Waals surface area contributed by atoms with Gasteiger partial charge in [-0.15, -0.1) is 0 Å². The van der Waals surface area contributed by atoms with Crippen molar-refractivity contribution in [3.05, 3.63) is 5.21 Å². The van der Waals surface area contributed by atoms with E-state index in [0.29, 0.717) is 0 Å². The van der Waals surface area contributed by atoms with E-state index in [1.807, 2.05) is 0 Å². The van der Waals surface area contributed by atoms with Gasteiger partial charge in [-0.3, -0.25) is 0 Å². The van der Waals surface area contributed by atoms with Crippen molar-refractivity contribution in [3.63, 3.8) is 0 Å². The molecule has 0 fully saturated rings. The van der Waals surface area contributed by atoms with Crippen molar-refractivity contribution in [1.82, 2.24) is 0 Å². The number of hydroxylamine groups is 1. The molecule has 66 valence electrons. The summed E-state index contributed by atoms with van der Waals surface area (Å²) in [6, 6.07) is 0. The summed E-state index contributed by atoms with van der Waals surface area (Å²) in [6.07, 6.45) is -0.795. The van der Waals surface area contributed by atoms with E-state index in [2.05, 4.69) is 5.28 Å². The van der Waals surface area contributed by atoms with Crippen molar-refractivity contribution in [2.75, 3.05) is 6.54 Å². The number of rotatable bonds is 2. The average molecular weight is 201 g/mol. The zero-order valence-electron chi connectivity index (χ0n) is 7.98. The van der Waals surface area contributed by atoms with E-state index >= 15 is 0 Å². The second kappa shape index (κ2) is 6.28. The van der Waals surface area contributed by atoms with Gasteiger partial charge in [0.05, 0.1) is 0 Å². The summed E-state index contributed by atoms with van der Waals surface area (Å²) >= 11 is 0. The first-order valence-electron chi connectivity index (χ1n) is 3.35. The van der Waals surface area contributed by atoms with Gasteiger partial charge in [0.25, 0.3) is 0 Å². The molecule has 12 heavy (non-hydrogen) atoms. The summed E-state index contributed by atoms with van der Waals surface area (Å²) in [7, 11) is 0. The quantitative estimate of drug-likeness (QED) is 0.229. The van der Waals surface area contributed by atoms with E-state index in [1.54, 1.807) is 20.8 Å². The minimum absolute atomic E-state index is 0.